The molecule has 1 heterocycles. The summed E-state index contributed by atoms with van der Waals surface area (Å²) in [7, 11) is 0. The molecule has 0 aliphatic rings. The van der Waals surface area contributed by atoms with Crippen LogP contribution in [0, 0.1) is 6.92 Å². The van der Waals surface area contributed by atoms with E-state index in [9.17, 15) is 0 Å². The second-order valence-electron chi connectivity index (χ2n) is 3.93. The monoisotopic (exact) mass is 267 g/mol. The minimum Gasteiger partial charge on any atom is -0.382 e. The molecule has 0 aromatic carbocycles. The fourth-order valence-electron chi connectivity index (χ4n) is 1.45. The van der Waals surface area contributed by atoms with Crippen molar-refractivity contribution in [2.45, 2.75) is 26.8 Å². The lowest BCUT2D eigenvalue weighted by Gasteiger charge is -2.11. The number of hydrogen-bond acceptors (Lipinski definition) is 3. The third-order valence-electron chi connectivity index (χ3n) is 2.49. The minimum absolute atomic E-state index is 0.657. The molecule has 2 N–H and O–H groups in total. The lowest BCUT2D eigenvalue weighted by Crippen LogP contribution is -2.36. The molecule has 1 aromatic rings. The van der Waals surface area contributed by atoms with Crippen molar-refractivity contribution in [2.75, 3.05) is 19.8 Å². The van der Waals surface area contributed by atoms with Gasteiger partial charge in [-0.1, -0.05) is 6.07 Å². The first-order valence-electron chi connectivity index (χ1n) is 6.24. The third-order valence-corrected chi connectivity index (χ3v) is 2.78. The van der Waals surface area contributed by atoms with E-state index in [-0.39, 0.29) is 0 Å². The summed E-state index contributed by atoms with van der Waals surface area (Å²) in [5, 5.41) is 6.95. The van der Waals surface area contributed by atoms with Crippen LogP contribution in [0.3, 0.4) is 0 Å². The Labute approximate surface area is 114 Å². The van der Waals surface area contributed by atoms with Crippen molar-refractivity contribution >= 4 is 17.3 Å². The van der Waals surface area contributed by atoms with E-state index in [4.69, 9.17) is 17.0 Å². The Hall–Kier alpha value is -1.20. The van der Waals surface area contributed by atoms with Gasteiger partial charge in [-0.2, -0.15) is 0 Å². The van der Waals surface area contributed by atoms with E-state index in [1.54, 1.807) is 6.20 Å². The maximum absolute atomic E-state index is 5.25. The lowest BCUT2D eigenvalue weighted by atomic mass is 10.2. The van der Waals surface area contributed by atoms with E-state index in [1.165, 1.54) is 5.56 Å². The molecule has 1 rings (SSSR count). The van der Waals surface area contributed by atoms with Gasteiger partial charge < -0.3 is 15.4 Å². The van der Waals surface area contributed by atoms with E-state index < -0.39 is 0 Å². The topological polar surface area (TPSA) is 46.2 Å². The molecule has 0 fully saturated rings. The fraction of sp³-hybridized carbons (Fsp3) is 0.538. The van der Waals surface area contributed by atoms with Crippen LogP contribution >= 0.6 is 12.2 Å². The summed E-state index contributed by atoms with van der Waals surface area (Å²) in [6, 6.07) is 3.98. The summed E-state index contributed by atoms with van der Waals surface area (Å²) in [6.07, 6.45) is 2.75. The van der Waals surface area contributed by atoms with Crippen LogP contribution in [-0.4, -0.2) is 29.9 Å². The van der Waals surface area contributed by atoms with Crippen LogP contribution in [0.25, 0.3) is 0 Å². The van der Waals surface area contributed by atoms with Gasteiger partial charge in [0.2, 0.25) is 0 Å². The zero-order chi connectivity index (χ0) is 13.2. The number of nitrogens with zero attached hydrogens (tertiary/aromatic N) is 1. The van der Waals surface area contributed by atoms with Gasteiger partial charge in [-0.05, 0) is 44.1 Å². The van der Waals surface area contributed by atoms with Crippen molar-refractivity contribution in [3.05, 3.63) is 29.6 Å². The average molecular weight is 267 g/mol. The van der Waals surface area contributed by atoms with Crippen LogP contribution in [0.2, 0.25) is 0 Å². The summed E-state index contributed by atoms with van der Waals surface area (Å²) >= 11 is 5.18. The summed E-state index contributed by atoms with van der Waals surface area (Å²) in [4.78, 5) is 4.30. The molecule has 0 aliphatic carbocycles. The quantitative estimate of drug-likeness (QED) is 0.582. The summed E-state index contributed by atoms with van der Waals surface area (Å²) < 4.78 is 5.25. The van der Waals surface area contributed by atoms with Crippen molar-refractivity contribution in [3.63, 3.8) is 0 Å². The zero-order valence-electron chi connectivity index (χ0n) is 11.0. The maximum Gasteiger partial charge on any atom is 0.166 e. The predicted octanol–water partition coefficient (Wildman–Crippen LogP) is 1.78. The molecule has 0 atom stereocenters. The van der Waals surface area contributed by atoms with Gasteiger partial charge in [0, 0.05) is 26.0 Å². The number of aryl methyl sites for hydroxylation is 1. The van der Waals surface area contributed by atoms with E-state index in [2.05, 4.69) is 15.6 Å². The van der Waals surface area contributed by atoms with Gasteiger partial charge >= 0.3 is 0 Å². The number of thiocarbonyl (C=S) groups is 1. The molecule has 0 aliphatic heterocycles. The molecular formula is C13H21N3OS. The van der Waals surface area contributed by atoms with Gasteiger partial charge in [-0.3, -0.25) is 4.98 Å². The van der Waals surface area contributed by atoms with Gasteiger partial charge in [0.25, 0.3) is 0 Å². The highest BCUT2D eigenvalue weighted by Crippen LogP contribution is 2.01. The Morgan fingerprint density at radius 1 is 1.44 bits per heavy atom. The number of aromatic nitrogens is 1. The average Bonchev–Trinajstić information content (AvgIpc) is 2.37. The highest BCUT2D eigenvalue weighted by Gasteiger charge is 2.00. The van der Waals surface area contributed by atoms with Gasteiger partial charge in [0.05, 0.1) is 12.2 Å². The maximum atomic E-state index is 5.25. The molecule has 0 bridgehead atoms. The second kappa shape index (κ2) is 8.83. The van der Waals surface area contributed by atoms with E-state index in [1.807, 2.05) is 26.0 Å². The largest absolute Gasteiger partial charge is 0.382 e. The number of hydrogen-bond donors (Lipinski definition) is 2. The number of rotatable bonds is 7. The van der Waals surface area contributed by atoms with Crippen LogP contribution in [0.4, 0.5) is 0 Å². The van der Waals surface area contributed by atoms with Gasteiger partial charge in [-0.15, -0.1) is 0 Å². The lowest BCUT2D eigenvalue weighted by molar-refractivity contribution is 0.145. The normalized spacial score (nSPS) is 10.1. The first kappa shape index (κ1) is 14.9. The molecule has 0 unspecified atom stereocenters. The summed E-state index contributed by atoms with van der Waals surface area (Å²) in [5.74, 6) is 0. The molecule has 0 radical (unpaired) electrons. The number of nitrogens with one attached hydrogen (secondary N) is 2. The van der Waals surface area contributed by atoms with E-state index in [0.717, 1.165) is 31.9 Å². The highest BCUT2D eigenvalue weighted by molar-refractivity contribution is 7.80. The van der Waals surface area contributed by atoms with Gasteiger partial charge in [0.1, 0.15) is 0 Å². The minimum atomic E-state index is 0.657. The molecule has 0 spiro atoms. The van der Waals surface area contributed by atoms with Crippen molar-refractivity contribution in [2.24, 2.45) is 0 Å². The SMILES string of the molecule is CCOCCCNC(=S)NCc1ncccc1C. The highest BCUT2D eigenvalue weighted by atomic mass is 32.1. The van der Waals surface area contributed by atoms with Crippen molar-refractivity contribution in [1.29, 1.82) is 0 Å². The Morgan fingerprint density at radius 2 is 2.28 bits per heavy atom. The van der Waals surface area contributed by atoms with Crippen molar-refractivity contribution < 1.29 is 4.74 Å². The van der Waals surface area contributed by atoms with Crippen molar-refractivity contribution in [3.8, 4) is 0 Å². The Bertz CT molecular complexity index is 371. The number of pyridine rings is 1. The Kier molecular flexibility index (Phi) is 7.29. The summed E-state index contributed by atoms with van der Waals surface area (Å²) in [5.41, 5.74) is 2.19. The molecule has 1 aromatic heterocycles. The van der Waals surface area contributed by atoms with Crippen LogP contribution in [0.1, 0.15) is 24.6 Å². The smallest absolute Gasteiger partial charge is 0.166 e. The molecule has 5 heteroatoms. The zero-order valence-corrected chi connectivity index (χ0v) is 11.8. The molecule has 100 valence electrons. The molecule has 0 saturated carbocycles. The van der Waals surface area contributed by atoms with E-state index in [0.29, 0.717) is 11.7 Å². The second-order valence-corrected chi connectivity index (χ2v) is 4.34. The van der Waals surface area contributed by atoms with Crippen LogP contribution in [-0.2, 0) is 11.3 Å². The number of ether oxygens (including phenoxy) is 1. The van der Waals surface area contributed by atoms with Gasteiger partial charge in [0.15, 0.2) is 5.11 Å². The molecular weight excluding hydrogens is 246 g/mol. The third kappa shape index (κ3) is 5.93. The van der Waals surface area contributed by atoms with Gasteiger partial charge in [-0.25, -0.2) is 0 Å². The Balaban J connectivity index is 2.15. The molecule has 4 nitrogen and oxygen atoms in total. The molecule has 0 amide bonds. The van der Waals surface area contributed by atoms with Crippen LogP contribution in [0.5, 0.6) is 0 Å². The standard InChI is InChI=1S/C13H21N3OS/c1-3-17-9-5-8-15-13(18)16-10-12-11(2)6-4-7-14-12/h4,6-7H,3,5,8-10H2,1-2H3,(H2,15,16,18). The first-order valence-corrected chi connectivity index (χ1v) is 6.64. The Morgan fingerprint density at radius 3 is 3.00 bits per heavy atom. The van der Waals surface area contributed by atoms with Crippen molar-refractivity contribution in [1.82, 2.24) is 15.6 Å². The van der Waals surface area contributed by atoms with Crippen LogP contribution < -0.4 is 10.6 Å². The summed E-state index contributed by atoms with van der Waals surface area (Å²) in [6.45, 7) is 7.06. The molecule has 0 saturated heterocycles. The van der Waals surface area contributed by atoms with E-state index >= 15 is 0 Å². The molecule has 18 heavy (non-hydrogen) atoms. The fourth-order valence-corrected chi connectivity index (χ4v) is 1.62. The first-order chi connectivity index (χ1) is 8.74. The van der Waals surface area contributed by atoms with Crippen LogP contribution in [0.15, 0.2) is 18.3 Å². The predicted molar refractivity (Wildman–Crippen MR) is 77.5 cm³/mol.